The molecule has 0 radical (unpaired) electrons. The number of anilines is 1. The molecule has 0 fully saturated rings. The number of sulfonamides is 1. The summed E-state index contributed by atoms with van der Waals surface area (Å²) in [5.41, 5.74) is 0.604. The maximum atomic E-state index is 12.9. The molecule has 0 aliphatic rings. The molecule has 10 nitrogen and oxygen atoms in total. The van der Waals surface area contributed by atoms with E-state index >= 15 is 0 Å². The molecule has 2 heterocycles. The Hall–Kier alpha value is -2.96. The van der Waals surface area contributed by atoms with Crippen molar-refractivity contribution in [1.82, 2.24) is 24.2 Å². The van der Waals surface area contributed by atoms with E-state index in [-0.39, 0.29) is 16.6 Å². The number of amides is 1. The van der Waals surface area contributed by atoms with Crippen molar-refractivity contribution in [2.45, 2.75) is 37.4 Å². The van der Waals surface area contributed by atoms with Gasteiger partial charge in [0, 0.05) is 31.3 Å². The molecular weight excluding hydrogens is 464 g/mol. The predicted molar refractivity (Wildman–Crippen MR) is 126 cm³/mol. The fourth-order valence-corrected chi connectivity index (χ4v) is 5.40. The van der Waals surface area contributed by atoms with Crippen LogP contribution in [0.2, 0.25) is 0 Å². The van der Waals surface area contributed by atoms with Gasteiger partial charge in [-0.05, 0) is 19.1 Å². The van der Waals surface area contributed by atoms with Gasteiger partial charge in [-0.2, -0.15) is 4.31 Å². The van der Waals surface area contributed by atoms with E-state index in [1.165, 1.54) is 16.1 Å². The first-order valence-corrected chi connectivity index (χ1v) is 12.7. The van der Waals surface area contributed by atoms with Gasteiger partial charge < -0.3 is 9.84 Å². The second-order valence-corrected chi connectivity index (χ2v) is 9.86. The fraction of sp³-hybridized carbons (Fsp3) is 0.333. The van der Waals surface area contributed by atoms with Gasteiger partial charge in [0.05, 0.1) is 10.6 Å². The van der Waals surface area contributed by atoms with E-state index in [1.54, 1.807) is 61.7 Å². The first-order chi connectivity index (χ1) is 15.8. The molecule has 12 heteroatoms. The second kappa shape index (κ2) is 10.8. The molecule has 0 aliphatic heterocycles. The van der Waals surface area contributed by atoms with Gasteiger partial charge in [0.15, 0.2) is 16.8 Å². The Morgan fingerprint density at radius 2 is 2.03 bits per heavy atom. The summed E-state index contributed by atoms with van der Waals surface area (Å²) in [6, 6.07) is 8.24. The minimum absolute atomic E-state index is 0.0809. The van der Waals surface area contributed by atoms with Crippen molar-refractivity contribution in [3.63, 3.8) is 0 Å². The molecule has 33 heavy (non-hydrogen) atoms. The molecule has 0 bridgehead atoms. The summed E-state index contributed by atoms with van der Waals surface area (Å²) in [5.74, 6) is 1.24. The zero-order valence-corrected chi connectivity index (χ0v) is 20.3. The van der Waals surface area contributed by atoms with Crippen LogP contribution in [0.1, 0.15) is 19.6 Å². The van der Waals surface area contributed by atoms with Crippen LogP contribution in [0, 0.1) is 6.92 Å². The van der Waals surface area contributed by atoms with Gasteiger partial charge in [0.25, 0.3) is 0 Å². The summed E-state index contributed by atoms with van der Waals surface area (Å²) >= 11 is 1.20. The fourth-order valence-electron chi connectivity index (χ4n) is 3.15. The molecule has 2 aromatic heterocycles. The number of benzene rings is 1. The van der Waals surface area contributed by atoms with Crippen molar-refractivity contribution in [3.05, 3.63) is 48.7 Å². The molecular formula is C21H26N6O4S2. The third kappa shape index (κ3) is 5.70. The molecule has 0 aliphatic carbocycles. The molecule has 0 unspecified atom stereocenters. The third-order valence-electron chi connectivity index (χ3n) is 4.69. The van der Waals surface area contributed by atoms with Crippen molar-refractivity contribution >= 4 is 33.5 Å². The smallest absolute Gasteiger partial charge is 0.243 e. The van der Waals surface area contributed by atoms with Crippen molar-refractivity contribution in [1.29, 1.82) is 0 Å². The molecule has 0 spiro atoms. The van der Waals surface area contributed by atoms with Crippen LogP contribution in [-0.2, 0) is 21.4 Å². The number of hydrogen-bond donors (Lipinski definition) is 1. The Kier molecular flexibility index (Phi) is 8.06. The van der Waals surface area contributed by atoms with E-state index in [0.29, 0.717) is 47.8 Å². The maximum absolute atomic E-state index is 12.9. The monoisotopic (exact) mass is 490 g/mol. The Morgan fingerprint density at radius 1 is 1.27 bits per heavy atom. The van der Waals surface area contributed by atoms with Crippen molar-refractivity contribution in [3.8, 4) is 11.4 Å². The van der Waals surface area contributed by atoms with Crippen molar-refractivity contribution in [2.24, 2.45) is 0 Å². The molecule has 3 rings (SSSR count). The summed E-state index contributed by atoms with van der Waals surface area (Å²) < 4.78 is 34.0. The van der Waals surface area contributed by atoms with Gasteiger partial charge >= 0.3 is 0 Å². The van der Waals surface area contributed by atoms with Crippen LogP contribution in [0.3, 0.4) is 0 Å². The summed E-state index contributed by atoms with van der Waals surface area (Å²) in [7, 11) is -3.62. The minimum atomic E-state index is -3.62. The minimum Gasteiger partial charge on any atom is -0.360 e. The van der Waals surface area contributed by atoms with Crippen LogP contribution in [0.15, 0.2) is 57.6 Å². The number of rotatable bonds is 11. The third-order valence-corrected chi connectivity index (χ3v) is 7.70. The van der Waals surface area contributed by atoms with E-state index < -0.39 is 10.0 Å². The highest BCUT2D eigenvalue weighted by molar-refractivity contribution is 7.99. The number of carbonyl (C=O) groups is 1. The molecule has 1 aromatic carbocycles. The number of thioether (sulfide) groups is 1. The standard InChI is InChI=1S/C21H26N6O4S2/c1-5-11-27-20(16-9-8-10-17(13-16)33(29,30)26(6-2)7-3)23-24-21(27)32-14-19(28)22-18-12-15(4)31-25-18/h5,8-10,12-13H,1,6-7,11,14H2,2-4H3,(H,22,25,28). The predicted octanol–water partition coefficient (Wildman–Crippen LogP) is 3.19. The summed E-state index contributed by atoms with van der Waals surface area (Å²) in [6.45, 7) is 10.3. The van der Waals surface area contributed by atoms with E-state index in [4.69, 9.17) is 4.52 Å². The van der Waals surface area contributed by atoms with Crippen LogP contribution >= 0.6 is 11.8 Å². The molecule has 0 saturated carbocycles. The van der Waals surface area contributed by atoms with Crippen LogP contribution in [0.4, 0.5) is 5.82 Å². The molecule has 0 atom stereocenters. The van der Waals surface area contributed by atoms with Crippen LogP contribution in [0.25, 0.3) is 11.4 Å². The van der Waals surface area contributed by atoms with Gasteiger partial charge in [-0.3, -0.25) is 9.36 Å². The van der Waals surface area contributed by atoms with E-state index in [2.05, 4.69) is 27.2 Å². The van der Waals surface area contributed by atoms with Gasteiger partial charge in [-0.15, -0.1) is 16.8 Å². The lowest BCUT2D eigenvalue weighted by Gasteiger charge is -2.18. The summed E-state index contributed by atoms with van der Waals surface area (Å²) in [5, 5.41) is 15.4. The average Bonchev–Trinajstić information content (AvgIpc) is 3.39. The van der Waals surface area contributed by atoms with Crippen molar-refractivity contribution < 1.29 is 17.7 Å². The zero-order valence-electron chi connectivity index (χ0n) is 18.7. The topological polar surface area (TPSA) is 123 Å². The van der Waals surface area contributed by atoms with Crippen LogP contribution in [-0.4, -0.2) is 57.4 Å². The number of aryl methyl sites for hydroxylation is 1. The van der Waals surface area contributed by atoms with Crippen LogP contribution < -0.4 is 5.32 Å². The molecule has 1 amide bonds. The van der Waals surface area contributed by atoms with Gasteiger partial charge in [-0.25, -0.2) is 8.42 Å². The number of nitrogens with zero attached hydrogens (tertiary/aromatic N) is 5. The first-order valence-electron chi connectivity index (χ1n) is 10.3. The van der Waals surface area contributed by atoms with E-state index in [1.807, 2.05) is 0 Å². The average molecular weight is 491 g/mol. The lowest BCUT2D eigenvalue weighted by Crippen LogP contribution is -2.30. The maximum Gasteiger partial charge on any atom is 0.243 e. The Morgan fingerprint density at radius 3 is 2.67 bits per heavy atom. The molecule has 0 saturated heterocycles. The lowest BCUT2D eigenvalue weighted by atomic mass is 10.2. The highest BCUT2D eigenvalue weighted by Gasteiger charge is 2.23. The summed E-state index contributed by atoms with van der Waals surface area (Å²) in [4.78, 5) is 12.4. The van der Waals surface area contributed by atoms with Gasteiger partial charge in [0.1, 0.15) is 5.76 Å². The van der Waals surface area contributed by atoms with Crippen LogP contribution in [0.5, 0.6) is 0 Å². The summed E-state index contributed by atoms with van der Waals surface area (Å²) in [6.07, 6.45) is 1.69. The SMILES string of the molecule is C=CCn1c(SCC(=O)Nc2cc(C)on2)nnc1-c1cccc(S(=O)(=O)N(CC)CC)c1. The number of aromatic nitrogens is 4. The largest absolute Gasteiger partial charge is 0.360 e. The first kappa shape index (κ1) is 24.7. The lowest BCUT2D eigenvalue weighted by molar-refractivity contribution is -0.113. The molecule has 3 aromatic rings. The number of carbonyl (C=O) groups excluding carboxylic acids is 1. The Labute approximate surface area is 197 Å². The zero-order chi connectivity index (χ0) is 24.0. The van der Waals surface area contributed by atoms with Gasteiger partial charge in [-0.1, -0.05) is 49.0 Å². The van der Waals surface area contributed by atoms with Crippen molar-refractivity contribution in [2.75, 3.05) is 24.2 Å². The Bertz CT molecular complexity index is 1230. The number of nitrogens with one attached hydrogen (secondary N) is 1. The molecule has 176 valence electrons. The Balaban J connectivity index is 1.83. The quantitative estimate of drug-likeness (QED) is 0.321. The highest BCUT2D eigenvalue weighted by Crippen LogP contribution is 2.27. The second-order valence-electron chi connectivity index (χ2n) is 6.98. The van der Waals surface area contributed by atoms with E-state index in [9.17, 15) is 13.2 Å². The highest BCUT2D eigenvalue weighted by atomic mass is 32.2. The van der Waals surface area contributed by atoms with Gasteiger partial charge in [0.2, 0.25) is 15.9 Å². The van der Waals surface area contributed by atoms with E-state index in [0.717, 1.165) is 0 Å². The number of allylic oxidation sites excluding steroid dienone is 1. The molecule has 1 N–H and O–H groups in total. The number of hydrogen-bond acceptors (Lipinski definition) is 8. The normalized spacial score (nSPS) is 11.6.